The van der Waals surface area contributed by atoms with Crippen molar-refractivity contribution >= 4 is 78.2 Å². The number of hydrogen-bond acceptors (Lipinski definition) is 18. The van der Waals surface area contributed by atoms with Gasteiger partial charge in [0.05, 0.1) is 12.0 Å². The van der Waals surface area contributed by atoms with Crippen LogP contribution in [0.2, 0.25) is 0 Å². The summed E-state index contributed by atoms with van der Waals surface area (Å²) in [6, 6.07) is 8.18. The Kier molecular flexibility index (Phi) is 9.88. The summed E-state index contributed by atoms with van der Waals surface area (Å²) < 4.78 is 97.7. The van der Waals surface area contributed by atoms with Crippen LogP contribution in [0.1, 0.15) is 0 Å². The number of rotatable bonds is 11. The fraction of sp³-hybridized carbons (Fsp3) is 0. The second-order valence-corrected chi connectivity index (χ2v) is 11.7. The summed E-state index contributed by atoms with van der Waals surface area (Å²) in [5.74, 6) is -2.17. The summed E-state index contributed by atoms with van der Waals surface area (Å²) in [5, 5.41) is 29.5. The molecule has 4 rings (SSSR count). The smallest absolute Gasteiger partial charge is 0.313 e. The zero-order valence-corrected chi connectivity index (χ0v) is 24.1. The molecule has 0 aliphatic carbocycles. The van der Waals surface area contributed by atoms with Crippen molar-refractivity contribution in [3.8, 4) is 0 Å². The molecule has 236 valence electrons. The van der Waals surface area contributed by atoms with E-state index in [1.165, 1.54) is 6.07 Å². The van der Waals surface area contributed by atoms with Gasteiger partial charge < -0.3 is 16.8 Å². The van der Waals surface area contributed by atoms with Crippen molar-refractivity contribution < 1.29 is 49.4 Å². The predicted molar refractivity (Wildman–Crippen MR) is 150 cm³/mol. The Bertz CT molecular complexity index is 2030. The lowest BCUT2D eigenvalue weighted by Crippen LogP contribution is -2.02. The summed E-state index contributed by atoms with van der Waals surface area (Å²) in [6.07, 6.45) is -1.38. The van der Waals surface area contributed by atoms with Gasteiger partial charge in [0.2, 0.25) is 5.95 Å². The fourth-order valence-electron chi connectivity index (χ4n) is 3.29. The zero-order valence-electron chi connectivity index (χ0n) is 21.7. The third kappa shape index (κ3) is 8.64. The molecule has 24 heteroatoms. The topological polar surface area (TPSA) is 300 Å². The molecule has 2 aromatic heterocycles. The molecule has 0 aliphatic rings. The molecule has 0 fully saturated rings. The largest absolute Gasteiger partial charge is 0.382 e. The SMILES string of the molecule is Nc1nc(N)c(N=Nc2cc(SOOO)ccc2S(=O)(=O)O)cc1N=Nc1cc(Nc2cc(F)nc(F)n2)ccc1S(=O)(=O)O. The van der Waals surface area contributed by atoms with E-state index in [0.717, 1.165) is 42.5 Å². The number of hydrogen-bond donors (Lipinski definition) is 6. The molecule has 2 aromatic carbocycles. The van der Waals surface area contributed by atoms with Gasteiger partial charge in [-0.15, -0.1) is 24.8 Å². The molecule has 8 N–H and O–H groups in total. The quantitative estimate of drug-likeness (QED) is 0.0234. The molecule has 19 nitrogen and oxygen atoms in total. The highest BCUT2D eigenvalue weighted by Gasteiger charge is 2.19. The Labute approximate surface area is 254 Å². The third-order valence-electron chi connectivity index (χ3n) is 5.12. The van der Waals surface area contributed by atoms with Gasteiger partial charge in [0.25, 0.3) is 20.2 Å². The van der Waals surface area contributed by atoms with Crippen LogP contribution in [-0.4, -0.2) is 46.2 Å². The number of nitrogens with one attached hydrogen (secondary N) is 1. The van der Waals surface area contributed by atoms with Crippen molar-refractivity contribution in [2.75, 3.05) is 16.8 Å². The Morgan fingerprint density at radius 3 is 1.87 bits per heavy atom. The van der Waals surface area contributed by atoms with Crippen molar-refractivity contribution in [2.45, 2.75) is 14.7 Å². The standard InChI is InChI=1S/C21H16F2N10O9S3/c22-17-8-18(28-21(23)27-17)26-9-1-3-15(44(35,36)37)11(5-9)30-32-13-7-14(20(25)29-19(13)24)33-31-12-6-10(43-42-41-34)2-4-16(12)45(38,39)40/h1-8,34H,(H4,24,25,29)(H,26,27,28)(H,35,36,37)(H,38,39,40). The first-order valence-corrected chi connectivity index (χ1v) is 15.0. The average molecular weight is 687 g/mol. The summed E-state index contributed by atoms with van der Waals surface area (Å²) in [4.78, 5) is 8.82. The van der Waals surface area contributed by atoms with Gasteiger partial charge in [-0.05, 0) is 36.4 Å². The van der Waals surface area contributed by atoms with Gasteiger partial charge in [0, 0.05) is 22.7 Å². The van der Waals surface area contributed by atoms with Crippen LogP contribution in [-0.2, 0) is 29.6 Å². The van der Waals surface area contributed by atoms with Crippen molar-refractivity contribution in [3.05, 3.63) is 60.6 Å². The number of pyridine rings is 1. The number of nitrogens with zero attached hydrogens (tertiary/aromatic N) is 7. The van der Waals surface area contributed by atoms with E-state index in [0.29, 0.717) is 12.0 Å². The summed E-state index contributed by atoms with van der Waals surface area (Å²) >= 11 is 0.457. The first-order valence-electron chi connectivity index (χ1n) is 11.4. The highest BCUT2D eigenvalue weighted by Crippen LogP contribution is 2.36. The normalized spacial score (nSPS) is 12.3. The van der Waals surface area contributed by atoms with E-state index in [9.17, 15) is 34.7 Å². The second-order valence-electron chi connectivity index (χ2n) is 8.16. The fourth-order valence-corrected chi connectivity index (χ4v) is 4.89. The highest BCUT2D eigenvalue weighted by atomic mass is 32.2. The van der Waals surface area contributed by atoms with E-state index in [1.807, 2.05) is 0 Å². The van der Waals surface area contributed by atoms with Crippen LogP contribution < -0.4 is 16.8 Å². The van der Waals surface area contributed by atoms with Crippen molar-refractivity contribution in [1.29, 1.82) is 0 Å². The summed E-state index contributed by atoms with van der Waals surface area (Å²) in [6.45, 7) is 0. The monoisotopic (exact) mass is 686 g/mol. The van der Waals surface area contributed by atoms with Gasteiger partial charge in [0.15, 0.2) is 11.6 Å². The summed E-state index contributed by atoms with van der Waals surface area (Å²) in [7, 11) is -9.65. The van der Waals surface area contributed by atoms with E-state index in [2.05, 4.69) is 50.1 Å². The Hall–Kier alpha value is -4.82. The molecule has 45 heavy (non-hydrogen) atoms. The maximum atomic E-state index is 13.4. The van der Waals surface area contributed by atoms with Gasteiger partial charge in [-0.1, -0.05) is 5.04 Å². The molecule has 4 aromatic rings. The number of nitrogens with two attached hydrogens (primary N) is 2. The minimum absolute atomic E-state index is 0.0118. The Morgan fingerprint density at radius 1 is 0.756 bits per heavy atom. The first kappa shape index (κ1) is 33.1. The lowest BCUT2D eigenvalue weighted by molar-refractivity contribution is -0.432. The predicted octanol–water partition coefficient (Wildman–Crippen LogP) is 4.81. The Morgan fingerprint density at radius 2 is 1.31 bits per heavy atom. The number of azo groups is 2. The molecular weight excluding hydrogens is 670 g/mol. The van der Waals surface area contributed by atoms with Gasteiger partial charge in [-0.2, -0.15) is 35.6 Å². The van der Waals surface area contributed by atoms with E-state index in [-0.39, 0.29) is 39.4 Å². The lowest BCUT2D eigenvalue weighted by atomic mass is 10.3. The minimum Gasteiger partial charge on any atom is -0.382 e. The van der Waals surface area contributed by atoms with Crippen LogP contribution in [0.5, 0.6) is 0 Å². The highest BCUT2D eigenvalue weighted by molar-refractivity contribution is 7.94. The molecule has 0 atom stereocenters. The summed E-state index contributed by atoms with van der Waals surface area (Å²) in [5.41, 5.74) is 10.3. The van der Waals surface area contributed by atoms with Gasteiger partial charge in [0.1, 0.15) is 38.4 Å². The van der Waals surface area contributed by atoms with E-state index in [4.69, 9.17) is 16.7 Å². The maximum absolute atomic E-state index is 13.4. The van der Waals surface area contributed by atoms with Crippen LogP contribution in [0.25, 0.3) is 0 Å². The van der Waals surface area contributed by atoms with Crippen molar-refractivity contribution in [1.82, 2.24) is 15.0 Å². The maximum Gasteiger partial charge on any atom is 0.313 e. The molecule has 0 bridgehead atoms. The lowest BCUT2D eigenvalue weighted by Gasteiger charge is -2.09. The molecule has 2 heterocycles. The van der Waals surface area contributed by atoms with E-state index >= 15 is 0 Å². The molecule has 0 amide bonds. The average Bonchev–Trinajstić information content (AvgIpc) is 2.93. The first-order chi connectivity index (χ1) is 21.1. The second kappa shape index (κ2) is 13.4. The third-order valence-corrected chi connectivity index (χ3v) is 7.49. The van der Waals surface area contributed by atoms with Crippen LogP contribution in [0.4, 0.5) is 54.7 Å². The number of nitrogen functional groups attached to an aromatic ring is 2. The van der Waals surface area contributed by atoms with Crippen molar-refractivity contribution in [3.63, 3.8) is 0 Å². The molecule has 0 spiro atoms. The Balaban J connectivity index is 1.71. The molecule has 0 aliphatic heterocycles. The molecular formula is C21H16F2N10O9S3. The minimum atomic E-state index is -4.86. The van der Waals surface area contributed by atoms with E-state index in [1.54, 1.807) is 0 Å². The van der Waals surface area contributed by atoms with Crippen molar-refractivity contribution in [2.24, 2.45) is 20.5 Å². The van der Waals surface area contributed by atoms with Crippen LogP contribution in [0.3, 0.4) is 0 Å². The van der Waals surface area contributed by atoms with Crippen LogP contribution in [0, 0.1) is 12.0 Å². The van der Waals surface area contributed by atoms with Gasteiger partial charge >= 0.3 is 6.08 Å². The number of halogens is 2. The zero-order chi connectivity index (χ0) is 32.9. The molecule has 0 unspecified atom stereocenters. The molecule has 0 radical (unpaired) electrons. The van der Waals surface area contributed by atoms with Gasteiger partial charge in [-0.25, -0.2) is 10.2 Å². The number of anilines is 4. The molecule has 0 saturated carbocycles. The van der Waals surface area contributed by atoms with Crippen LogP contribution in [0.15, 0.2) is 83.7 Å². The number of benzene rings is 2. The van der Waals surface area contributed by atoms with Gasteiger partial charge in [-0.3, -0.25) is 9.11 Å². The van der Waals surface area contributed by atoms with E-state index < -0.39 is 53.4 Å². The van der Waals surface area contributed by atoms with Crippen LogP contribution >= 0.6 is 12.0 Å². The number of aromatic nitrogens is 3. The molecule has 0 saturated heterocycles.